The number of ether oxygens (including phenoxy) is 3. The van der Waals surface area contributed by atoms with Gasteiger partial charge in [-0.15, -0.1) is 0 Å². The highest BCUT2D eigenvalue weighted by molar-refractivity contribution is 6.04. The molecule has 0 radical (unpaired) electrons. The molecule has 6 nitrogen and oxygen atoms in total. The van der Waals surface area contributed by atoms with Crippen molar-refractivity contribution < 1.29 is 23.8 Å². The van der Waals surface area contributed by atoms with Crippen LogP contribution in [0.25, 0.3) is 0 Å². The van der Waals surface area contributed by atoms with Crippen molar-refractivity contribution in [3.8, 4) is 5.75 Å². The number of nitrogens with one attached hydrogen (secondary N) is 1. The summed E-state index contributed by atoms with van der Waals surface area (Å²) in [4.78, 5) is 26.4. The fourth-order valence-electron chi connectivity index (χ4n) is 4.34. The van der Waals surface area contributed by atoms with Crippen LogP contribution < -0.4 is 10.1 Å². The van der Waals surface area contributed by atoms with E-state index in [4.69, 9.17) is 14.2 Å². The Morgan fingerprint density at radius 1 is 1.20 bits per heavy atom. The van der Waals surface area contributed by atoms with Crippen molar-refractivity contribution in [3.05, 3.63) is 52.4 Å². The standard InChI is InChI=1S/C24H31NO5/c1-6-29-11-12-30-23(27)20-15(2)25-17-13-24(3,4)14-18(26)22(17)21(20)16-9-7-8-10-19(16)28-5/h7-10,21,25H,6,11-14H2,1-5H3/t21-/m1/s1. The van der Waals surface area contributed by atoms with Gasteiger partial charge in [0.2, 0.25) is 0 Å². The molecule has 1 N–H and O–H groups in total. The number of allylic oxidation sites excluding steroid dienone is 3. The lowest BCUT2D eigenvalue weighted by molar-refractivity contribution is -0.140. The SMILES string of the molecule is CCOCCOC(=O)C1=C(C)NC2=C(C(=O)CC(C)(C)C2)[C@@H]1c1ccccc1OC. The van der Waals surface area contributed by atoms with Gasteiger partial charge in [-0.1, -0.05) is 32.0 Å². The molecule has 1 heterocycles. The lowest BCUT2D eigenvalue weighted by atomic mass is 9.68. The summed E-state index contributed by atoms with van der Waals surface area (Å²) >= 11 is 0. The molecule has 30 heavy (non-hydrogen) atoms. The molecule has 1 aromatic carbocycles. The van der Waals surface area contributed by atoms with Crippen LogP contribution in [-0.4, -0.2) is 38.7 Å². The first kappa shape index (κ1) is 22.1. The summed E-state index contributed by atoms with van der Waals surface area (Å²) in [5.41, 5.74) is 3.33. The third kappa shape index (κ3) is 4.43. The molecule has 0 unspecified atom stereocenters. The van der Waals surface area contributed by atoms with Crippen LogP contribution >= 0.6 is 0 Å². The quantitative estimate of drug-likeness (QED) is 0.540. The summed E-state index contributed by atoms with van der Waals surface area (Å²) < 4.78 is 16.4. The third-order valence-corrected chi connectivity index (χ3v) is 5.57. The molecule has 0 saturated heterocycles. The summed E-state index contributed by atoms with van der Waals surface area (Å²) in [5.74, 6) is -0.279. The first-order valence-electron chi connectivity index (χ1n) is 10.4. The van der Waals surface area contributed by atoms with Gasteiger partial charge in [0, 0.05) is 35.6 Å². The molecular weight excluding hydrogens is 382 g/mol. The lowest BCUT2D eigenvalue weighted by Crippen LogP contribution is -2.38. The Balaban J connectivity index is 2.07. The maximum Gasteiger partial charge on any atom is 0.336 e. The zero-order valence-corrected chi connectivity index (χ0v) is 18.5. The second kappa shape index (κ2) is 9.04. The fraction of sp³-hybridized carbons (Fsp3) is 0.500. The number of hydrogen-bond donors (Lipinski definition) is 1. The van der Waals surface area contributed by atoms with Crippen molar-refractivity contribution in [2.24, 2.45) is 5.41 Å². The van der Waals surface area contributed by atoms with Gasteiger partial charge in [0.25, 0.3) is 0 Å². The maximum atomic E-state index is 13.3. The van der Waals surface area contributed by atoms with E-state index < -0.39 is 11.9 Å². The van der Waals surface area contributed by atoms with Crippen LogP contribution in [0.3, 0.4) is 0 Å². The van der Waals surface area contributed by atoms with E-state index in [0.29, 0.717) is 42.2 Å². The zero-order chi connectivity index (χ0) is 21.9. The number of carbonyl (C=O) groups is 2. The van der Waals surface area contributed by atoms with Gasteiger partial charge in [-0.25, -0.2) is 4.79 Å². The number of Topliss-reactive ketones (excluding diaryl/α,β-unsaturated/α-hetero) is 1. The van der Waals surface area contributed by atoms with E-state index in [2.05, 4.69) is 19.2 Å². The lowest BCUT2D eigenvalue weighted by Gasteiger charge is -2.39. The molecule has 162 valence electrons. The Labute approximate surface area is 178 Å². The van der Waals surface area contributed by atoms with Gasteiger partial charge in [-0.2, -0.15) is 0 Å². The first-order chi connectivity index (χ1) is 14.3. The number of carbonyl (C=O) groups excluding carboxylic acids is 2. The van der Waals surface area contributed by atoms with Crippen LogP contribution in [-0.2, 0) is 19.1 Å². The number of rotatable bonds is 7. The molecule has 0 fully saturated rings. The van der Waals surface area contributed by atoms with Gasteiger partial charge in [-0.05, 0) is 31.7 Å². The zero-order valence-electron chi connectivity index (χ0n) is 18.5. The Hall–Kier alpha value is -2.60. The Morgan fingerprint density at radius 3 is 2.63 bits per heavy atom. The average molecular weight is 414 g/mol. The number of esters is 1. The van der Waals surface area contributed by atoms with Crippen molar-refractivity contribution in [1.82, 2.24) is 5.32 Å². The summed E-state index contributed by atoms with van der Waals surface area (Å²) in [6.07, 6.45) is 1.18. The van der Waals surface area contributed by atoms with Gasteiger partial charge in [0.15, 0.2) is 5.78 Å². The molecule has 0 bridgehead atoms. The smallest absolute Gasteiger partial charge is 0.336 e. The highest BCUT2D eigenvalue weighted by Gasteiger charge is 2.43. The normalized spacial score (nSPS) is 20.6. The molecule has 0 saturated carbocycles. The number of dihydropyridines is 1. The second-order valence-corrected chi connectivity index (χ2v) is 8.50. The molecule has 0 aromatic heterocycles. The minimum absolute atomic E-state index is 0.0526. The van der Waals surface area contributed by atoms with Crippen LogP contribution in [0.2, 0.25) is 0 Å². The molecule has 1 aliphatic carbocycles. The summed E-state index contributed by atoms with van der Waals surface area (Å²) in [6, 6.07) is 7.53. The van der Waals surface area contributed by atoms with Crippen molar-refractivity contribution in [1.29, 1.82) is 0 Å². The van der Waals surface area contributed by atoms with Crippen LogP contribution in [0, 0.1) is 5.41 Å². The van der Waals surface area contributed by atoms with Crippen LogP contribution in [0.15, 0.2) is 46.8 Å². The first-order valence-corrected chi connectivity index (χ1v) is 10.4. The van der Waals surface area contributed by atoms with Gasteiger partial charge in [0.05, 0.1) is 25.2 Å². The van der Waals surface area contributed by atoms with E-state index in [0.717, 1.165) is 17.7 Å². The third-order valence-electron chi connectivity index (χ3n) is 5.57. The van der Waals surface area contributed by atoms with Crippen molar-refractivity contribution in [2.45, 2.75) is 46.5 Å². The predicted octanol–water partition coefficient (Wildman–Crippen LogP) is 3.88. The molecule has 6 heteroatoms. The predicted molar refractivity (Wildman–Crippen MR) is 114 cm³/mol. The minimum Gasteiger partial charge on any atom is -0.496 e. The number of ketones is 1. The minimum atomic E-state index is -0.527. The molecule has 0 spiro atoms. The van der Waals surface area contributed by atoms with Gasteiger partial charge in [-0.3, -0.25) is 4.79 Å². The number of hydrogen-bond acceptors (Lipinski definition) is 6. The van der Waals surface area contributed by atoms with Crippen molar-refractivity contribution >= 4 is 11.8 Å². The number of benzene rings is 1. The van der Waals surface area contributed by atoms with E-state index in [1.165, 1.54) is 0 Å². The molecule has 1 aromatic rings. The van der Waals surface area contributed by atoms with E-state index >= 15 is 0 Å². The molecule has 2 aliphatic rings. The Morgan fingerprint density at radius 2 is 1.93 bits per heavy atom. The van der Waals surface area contributed by atoms with Crippen LogP contribution in [0.4, 0.5) is 0 Å². The summed E-state index contributed by atoms with van der Waals surface area (Å²) in [5, 5.41) is 3.34. The van der Waals surface area contributed by atoms with Crippen molar-refractivity contribution in [3.63, 3.8) is 0 Å². The van der Waals surface area contributed by atoms with E-state index in [1.54, 1.807) is 7.11 Å². The number of methoxy groups -OCH3 is 1. The van der Waals surface area contributed by atoms with Crippen molar-refractivity contribution in [2.75, 3.05) is 26.9 Å². The molecule has 3 rings (SSSR count). The van der Waals surface area contributed by atoms with E-state index in [1.807, 2.05) is 38.1 Å². The van der Waals surface area contributed by atoms with Gasteiger partial charge >= 0.3 is 5.97 Å². The fourth-order valence-corrected chi connectivity index (χ4v) is 4.34. The number of para-hydroxylation sites is 1. The molecule has 0 amide bonds. The molecule has 1 atom stereocenters. The van der Waals surface area contributed by atoms with E-state index in [9.17, 15) is 9.59 Å². The monoisotopic (exact) mass is 413 g/mol. The molecular formula is C24H31NO5. The average Bonchev–Trinajstić information content (AvgIpc) is 2.69. The highest BCUT2D eigenvalue weighted by atomic mass is 16.6. The van der Waals surface area contributed by atoms with Gasteiger partial charge < -0.3 is 19.5 Å². The van der Waals surface area contributed by atoms with Crippen LogP contribution in [0.1, 0.15) is 52.0 Å². The largest absolute Gasteiger partial charge is 0.496 e. The van der Waals surface area contributed by atoms with Crippen LogP contribution in [0.5, 0.6) is 5.75 Å². The summed E-state index contributed by atoms with van der Waals surface area (Å²) in [7, 11) is 1.59. The van der Waals surface area contributed by atoms with Gasteiger partial charge in [0.1, 0.15) is 12.4 Å². The maximum absolute atomic E-state index is 13.3. The second-order valence-electron chi connectivity index (χ2n) is 8.50. The molecule has 1 aliphatic heterocycles. The highest BCUT2D eigenvalue weighted by Crippen LogP contribution is 2.48. The Bertz CT molecular complexity index is 897. The topological polar surface area (TPSA) is 73.9 Å². The Kier molecular flexibility index (Phi) is 6.66. The van der Waals surface area contributed by atoms with E-state index in [-0.39, 0.29) is 17.8 Å². The summed E-state index contributed by atoms with van der Waals surface area (Å²) in [6.45, 7) is 8.98.